The van der Waals surface area contributed by atoms with Crippen LogP contribution in [0.3, 0.4) is 0 Å². The van der Waals surface area contributed by atoms with E-state index in [-0.39, 0.29) is 0 Å². The second-order valence-corrected chi connectivity index (χ2v) is 9.05. The van der Waals surface area contributed by atoms with E-state index in [9.17, 15) is 20.4 Å². The Hall–Kier alpha value is -1.48. The van der Waals surface area contributed by atoms with Crippen LogP contribution in [-0.2, 0) is 24.0 Å². The van der Waals surface area contributed by atoms with Crippen molar-refractivity contribution in [3.63, 3.8) is 0 Å². The zero-order valence-electron chi connectivity index (χ0n) is 17.5. The molecule has 5 atom stereocenters. The van der Waals surface area contributed by atoms with Crippen molar-refractivity contribution in [3.05, 3.63) is 62.6 Å². The largest absolute Gasteiger partial charge is 0.494 e. The van der Waals surface area contributed by atoms with Crippen molar-refractivity contribution in [1.29, 1.82) is 0 Å². The normalized spacial score (nSPS) is 27.9. The van der Waals surface area contributed by atoms with Crippen LogP contribution in [0, 0.1) is 0 Å². The Morgan fingerprint density at radius 2 is 1.74 bits per heavy atom. The van der Waals surface area contributed by atoms with E-state index in [0.29, 0.717) is 13.0 Å². The van der Waals surface area contributed by atoms with Crippen molar-refractivity contribution < 1.29 is 29.9 Å². The van der Waals surface area contributed by atoms with Crippen molar-refractivity contribution in [2.24, 2.45) is 0 Å². The van der Waals surface area contributed by atoms with Gasteiger partial charge in [0, 0.05) is 4.47 Å². The van der Waals surface area contributed by atoms with Gasteiger partial charge in [0.15, 0.2) is 0 Å². The maximum Gasteiger partial charge on any atom is 0.119 e. The number of aliphatic hydroxyl groups is 4. The van der Waals surface area contributed by atoms with Gasteiger partial charge in [-0.3, -0.25) is 0 Å². The molecule has 1 heterocycles. The van der Waals surface area contributed by atoms with Gasteiger partial charge in [0.1, 0.15) is 36.3 Å². The molecule has 4 rings (SSSR count). The van der Waals surface area contributed by atoms with Gasteiger partial charge in [-0.25, -0.2) is 0 Å². The average Bonchev–Trinajstić information content (AvgIpc) is 3.27. The summed E-state index contributed by atoms with van der Waals surface area (Å²) in [6.45, 7) is 2.15. The fraction of sp³-hybridized carbons (Fsp3) is 0.500. The molecule has 0 radical (unpaired) electrons. The van der Waals surface area contributed by atoms with Crippen LogP contribution < -0.4 is 4.74 Å². The zero-order valence-corrected chi connectivity index (χ0v) is 19.1. The lowest BCUT2D eigenvalue weighted by atomic mass is 9.86. The van der Waals surface area contributed by atoms with E-state index < -0.39 is 37.1 Å². The fourth-order valence-electron chi connectivity index (χ4n) is 4.67. The molecule has 0 amide bonds. The summed E-state index contributed by atoms with van der Waals surface area (Å²) < 4.78 is 12.5. The van der Waals surface area contributed by atoms with Gasteiger partial charge in [0.25, 0.3) is 0 Å². The first-order chi connectivity index (χ1) is 14.9. The minimum absolute atomic E-state index is 0.431. The highest BCUT2D eigenvalue weighted by Gasteiger charge is 2.45. The first-order valence-electron chi connectivity index (χ1n) is 10.8. The third-order valence-corrected chi connectivity index (χ3v) is 7.26. The quantitative estimate of drug-likeness (QED) is 0.494. The first kappa shape index (κ1) is 22.7. The molecule has 4 N–H and O–H groups in total. The monoisotopic (exact) mass is 492 g/mol. The molecule has 0 aromatic heterocycles. The summed E-state index contributed by atoms with van der Waals surface area (Å²) in [6.07, 6.45) is -2.27. The minimum Gasteiger partial charge on any atom is -0.494 e. The number of rotatable bonds is 6. The van der Waals surface area contributed by atoms with Gasteiger partial charge in [0.2, 0.25) is 0 Å². The maximum absolute atomic E-state index is 10.7. The van der Waals surface area contributed by atoms with Crippen LogP contribution in [0.2, 0.25) is 0 Å². The molecule has 168 valence electrons. The van der Waals surface area contributed by atoms with Gasteiger partial charge in [-0.15, -0.1) is 0 Å². The van der Waals surface area contributed by atoms with Crippen molar-refractivity contribution in [2.45, 2.75) is 63.1 Å². The van der Waals surface area contributed by atoms with Gasteiger partial charge in [-0.05, 0) is 72.6 Å². The second kappa shape index (κ2) is 9.57. The van der Waals surface area contributed by atoms with Gasteiger partial charge in [-0.2, -0.15) is 0 Å². The van der Waals surface area contributed by atoms with Crippen molar-refractivity contribution in [2.75, 3.05) is 13.2 Å². The van der Waals surface area contributed by atoms with Gasteiger partial charge in [0.05, 0.1) is 13.2 Å². The predicted molar refractivity (Wildman–Crippen MR) is 119 cm³/mol. The third kappa shape index (κ3) is 4.40. The Morgan fingerprint density at radius 3 is 2.42 bits per heavy atom. The number of benzene rings is 2. The SMILES string of the molecule is CCOc1ccc(Cc2cc([C@H]3O[C@@H](CO)[C@H](O)[C@@H](O)[C@@H]3O)c3c(c2Br)CCC3)cc1. The number of ether oxygens (including phenoxy) is 2. The summed E-state index contributed by atoms with van der Waals surface area (Å²) in [7, 11) is 0. The van der Waals surface area contributed by atoms with Crippen molar-refractivity contribution in [3.8, 4) is 5.75 Å². The Kier molecular flexibility index (Phi) is 7.01. The highest BCUT2D eigenvalue weighted by molar-refractivity contribution is 9.10. The molecule has 31 heavy (non-hydrogen) atoms. The standard InChI is InChI=1S/C24H29BrO6/c1-2-30-15-8-6-13(7-9-15)10-14-11-18(16-4-3-5-17(16)20(14)25)24-23(29)22(28)21(27)19(12-26)31-24/h6-9,11,19,21-24,26-29H,2-5,10,12H2,1H3/t19-,21-,22+,23-,24+/m0/s1. The Morgan fingerprint density at radius 1 is 1.03 bits per heavy atom. The molecule has 2 aliphatic rings. The molecule has 1 aliphatic carbocycles. The highest BCUT2D eigenvalue weighted by atomic mass is 79.9. The molecular weight excluding hydrogens is 464 g/mol. The van der Waals surface area contributed by atoms with E-state index >= 15 is 0 Å². The lowest BCUT2D eigenvalue weighted by Gasteiger charge is -2.41. The van der Waals surface area contributed by atoms with Crippen molar-refractivity contribution in [1.82, 2.24) is 0 Å². The molecule has 6 nitrogen and oxygen atoms in total. The average molecular weight is 493 g/mol. The molecular formula is C24H29BrO6. The third-order valence-electron chi connectivity index (χ3n) is 6.27. The molecule has 0 bridgehead atoms. The fourth-order valence-corrected chi connectivity index (χ4v) is 5.36. The smallest absolute Gasteiger partial charge is 0.119 e. The number of hydrogen-bond donors (Lipinski definition) is 4. The number of fused-ring (bicyclic) bond motifs is 1. The van der Waals surface area contributed by atoms with Crippen LogP contribution in [0.1, 0.15) is 47.3 Å². The van der Waals surface area contributed by atoms with Crippen LogP contribution >= 0.6 is 15.9 Å². The van der Waals surface area contributed by atoms with Crippen LogP contribution in [0.15, 0.2) is 34.8 Å². The Balaban J connectivity index is 1.70. The molecule has 0 spiro atoms. The van der Waals surface area contributed by atoms with E-state index in [0.717, 1.165) is 51.7 Å². The summed E-state index contributed by atoms with van der Waals surface area (Å²) in [5, 5.41) is 40.7. The van der Waals surface area contributed by atoms with Crippen molar-refractivity contribution >= 4 is 15.9 Å². The molecule has 2 aromatic carbocycles. The van der Waals surface area contributed by atoms with Gasteiger partial charge < -0.3 is 29.9 Å². The summed E-state index contributed by atoms with van der Waals surface area (Å²) in [4.78, 5) is 0. The molecule has 1 saturated heterocycles. The van der Waals surface area contributed by atoms with E-state index in [1.165, 1.54) is 5.56 Å². The molecule has 1 fully saturated rings. The predicted octanol–water partition coefficient (Wildman–Crippen LogP) is 2.44. The second-order valence-electron chi connectivity index (χ2n) is 8.25. The number of halogens is 1. The van der Waals surface area contributed by atoms with E-state index in [2.05, 4.69) is 15.9 Å². The van der Waals surface area contributed by atoms with Crippen LogP contribution in [0.4, 0.5) is 0 Å². The number of aliphatic hydroxyl groups excluding tert-OH is 4. The van der Waals surface area contributed by atoms with Crippen LogP contribution in [0.25, 0.3) is 0 Å². The maximum atomic E-state index is 10.7. The summed E-state index contributed by atoms with van der Waals surface area (Å²) in [6, 6.07) is 10.0. The number of hydrogen-bond acceptors (Lipinski definition) is 6. The molecule has 1 aliphatic heterocycles. The van der Waals surface area contributed by atoms with Crippen LogP contribution in [0.5, 0.6) is 5.75 Å². The summed E-state index contributed by atoms with van der Waals surface area (Å²) >= 11 is 3.79. The Bertz CT molecular complexity index is 913. The summed E-state index contributed by atoms with van der Waals surface area (Å²) in [5.41, 5.74) is 5.34. The van der Waals surface area contributed by atoms with E-state index in [1.54, 1.807) is 0 Å². The molecule has 0 unspecified atom stereocenters. The lowest BCUT2D eigenvalue weighted by molar-refractivity contribution is -0.231. The van der Waals surface area contributed by atoms with E-state index in [4.69, 9.17) is 9.47 Å². The topological polar surface area (TPSA) is 99.4 Å². The van der Waals surface area contributed by atoms with E-state index in [1.807, 2.05) is 37.3 Å². The molecule has 2 aromatic rings. The zero-order chi connectivity index (χ0) is 22.1. The highest BCUT2D eigenvalue weighted by Crippen LogP contribution is 2.42. The van der Waals surface area contributed by atoms with Gasteiger partial charge in [-0.1, -0.05) is 34.1 Å². The lowest BCUT2D eigenvalue weighted by Crippen LogP contribution is -2.55. The summed E-state index contributed by atoms with van der Waals surface area (Å²) in [5.74, 6) is 0.835. The first-order valence-corrected chi connectivity index (χ1v) is 11.6. The molecule has 0 saturated carbocycles. The molecule has 7 heteroatoms. The Labute approximate surface area is 190 Å². The minimum atomic E-state index is -1.38. The van der Waals surface area contributed by atoms with Gasteiger partial charge >= 0.3 is 0 Å². The van der Waals surface area contributed by atoms with Crippen LogP contribution in [-0.4, -0.2) is 58.1 Å².